The van der Waals surface area contributed by atoms with Crippen molar-refractivity contribution in [1.82, 2.24) is 24.3 Å². The summed E-state index contributed by atoms with van der Waals surface area (Å²) in [6.45, 7) is 0. The number of rotatable bonds is 4. The van der Waals surface area contributed by atoms with Crippen molar-refractivity contribution in [3.05, 3.63) is 71.9 Å². The summed E-state index contributed by atoms with van der Waals surface area (Å²) in [5.74, 6) is 0.799. The first-order valence-corrected chi connectivity index (χ1v) is 7.91. The second kappa shape index (κ2) is 6.46. The van der Waals surface area contributed by atoms with Crippen molar-refractivity contribution in [2.45, 2.75) is 6.23 Å². The molecule has 0 fully saturated rings. The third-order valence-corrected chi connectivity index (χ3v) is 3.90. The van der Waals surface area contributed by atoms with Crippen LogP contribution in [0.2, 0.25) is 5.02 Å². The predicted octanol–water partition coefficient (Wildman–Crippen LogP) is 2.94. The molecule has 25 heavy (non-hydrogen) atoms. The standard InChI is InChI=1S/C17H13ClN6O/c18-12-5-3-11(4-6-12)13-14(24-10-2-9-21-17(24)22-13)15(25)23-16-19-7-1-8-20-16/h1-10,15,25H,(H,19,20,23). The van der Waals surface area contributed by atoms with Crippen molar-refractivity contribution < 1.29 is 5.11 Å². The first-order valence-electron chi connectivity index (χ1n) is 7.53. The molecule has 4 aromatic rings. The summed E-state index contributed by atoms with van der Waals surface area (Å²) in [5.41, 5.74) is 1.96. The van der Waals surface area contributed by atoms with Crippen LogP contribution in [0.4, 0.5) is 5.95 Å². The van der Waals surface area contributed by atoms with Crippen LogP contribution < -0.4 is 5.32 Å². The third kappa shape index (κ3) is 3.02. The quantitative estimate of drug-likeness (QED) is 0.549. The van der Waals surface area contributed by atoms with Crippen LogP contribution in [0.1, 0.15) is 11.9 Å². The summed E-state index contributed by atoms with van der Waals surface area (Å²) in [5, 5.41) is 14.3. The fraction of sp³-hybridized carbons (Fsp3) is 0.0588. The van der Waals surface area contributed by atoms with Gasteiger partial charge in [0.25, 0.3) is 0 Å². The van der Waals surface area contributed by atoms with Gasteiger partial charge in [-0.1, -0.05) is 23.7 Å². The second-order valence-electron chi connectivity index (χ2n) is 5.26. The summed E-state index contributed by atoms with van der Waals surface area (Å²) in [4.78, 5) is 16.9. The van der Waals surface area contributed by atoms with Crippen LogP contribution in [-0.4, -0.2) is 29.4 Å². The minimum absolute atomic E-state index is 0.316. The van der Waals surface area contributed by atoms with E-state index in [-0.39, 0.29) is 0 Å². The molecule has 0 spiro atoms. The molecular weight excluding hydrogens is 340 g/mol. The number of nitrogens with zero attached hydrogens (tertiary/aromatic N) is 5. The van der Waals surface area contributed by atoms with Gasteiger partial charge in [-0.2, -0.15) is 0 Å². The Bertz CT molecular complexity index is 1000. The molecule has 0 radical (unpaired) electrons. The molecule has 2 N–H and O–H groups in total. The van der Waals surface area contributed by atoms with Crippen LogP contribution in [0.25, 0.3) is 17.0 Å². The SMILES string of the molecule is OC(Nc1ncccn1)c1c(-c2ccc(Cl)cc2)nc2ncccn12. The van der Waals surface area contributed by atoms with E-state index in [4.69, 9.17) is 11.6 Å². The van der Waals surface area contributed by atoms with Gasteiger partial charge in [-0.05, 0) is 24.3 Å². The van der Waals surface area contributed by atoms with Gasteiger partial charge >= 0.3 is 0 Å². The van der Waals surface area contributed by atoms with Crippen molar-refractivity contribution >= 4 is 23.3 Å². The fourth-order valence-corrected chi connectivity index (χ4v) is 2.68. The highest BCUT2D eigenvalue weighted by Gasteiger charge is 2.22. The van der Waals surface area contributed by atoms with Crippen LogP contribution in [0, 0.1) is 0 Å². The van der Waals surface area contributed by atoms with Crippen molar-refractivity contribution in [3.63, 3.8) is 0 Å². The van der Waals surface area contributed by atoms with E-state index in [1.807, 2.05) is 12.1 Å². The summed E-state index contributed by atoms with van der Waals surface area (Å²) in [6.07, 6.45) is 5.56. The molecule has 0 amide bonds. The number of nitrogens with one attached hydrogen (secondary N) is 1. The van der Waals surface area contributed by atoms with Crippen molar-refractivity contribution in [3.8, 4) is 11.3 Å². The number of aliphatic hydroxyl groups excluding tert-OH is 1. The van der Waals surface area contributed by atoms with E-state index in [9.17, 15) is 5.11 Å². The molecule has 124 valence electrons. The average Bonchev–Trinajstić information content (AvgIpc) is 3.03. The fourth-order valence-electron chi connectivity index (χ4n) is 2.55. The Morgan fingerprint density at radius 1 is 1.00 bits per heavy atom. The molecular formula is C17H13ClN6O. The van der Waals surface area contributed by atoms with Gasteiger partial charge in [-0.25, -0.2) is 19.9 Å². The Labute approximate surface area is 148 Å². The molecule has 0 aliphatic carbocycles. The van der Waals surface area contributed by atoms with Crippen LogP contribution >= 0.6 is 11.6 Å². The third-order valence-electron chi connectivity index (χ3n) is 3.65. The zero-order chi connectivity index (χ0) is 17.2. The Hall–Kier alpha value is -3.03. The Morgan fingerprint density at radius 3 is 2.48 bits per heavy atom. The van der Waals surface area contributed by atoms with Crippen LogP contribution in [0.3, 0.4) is 0 Å². The minimum atomic E-state index is -1.08. The van der Waals surface area contributed by atoms with Gasteiger partial charge in [-0.3, -0.25) is 4.40 Å². The largest absolute Gasteiger partial charge is 0.368 e. The van der Waals surface area contributed by atoms with E-state index in [1.54, 1.807) is 53.5 Å². The Morgan fingerprint density at radius 2 is 1.72 bits per heavy atom. The molecule has 0 bridgehead atoms. The highest BCUT2D eigenvalue weighted by molar-refractivity contribution is 6.30. The highest BCUT2D eigenvalue weighted by Crippen LogP contribution is 2.29. The topological polar surface area (TPSA) is 88.2 Å². The van der Waals surface area contributed by atoms with Gasteiger partial charge in [0.2, 0.25) is 11.7 Å². The maximum absolute atomic E-state index is 10.8. The lowest BCUT2D eigenvalue weighted by atomic mass is 10.1. The molecule has 0 saturated carbocycles. The van der Waals surface area contributed by atoms with Gasteiger partial charge in [-0.15, -0.1) is 0 Å². The van der Waals surface area contributed by atoms with E-state index in [0.29, 0.717) is 28.1 Å². The number of anilines is 1. The summed E-state index contributed by atoms with van der Waals surface area (Å²) < 4.78 is 1.73. The Balaban J connectivity index is 1.83. The van der Waals surface area contributed by atoms with Gasteiger partial charge in [0.1, 0.15) is 5.69 Å². The van der Waals surface area contributed by atoms with E-state index < -0.39 is 6.23 Å². The lowest BCUT2D eigenvalue weighted by Gasteiger charge is -2.14. The van der Waals surface area contributed by atoms with Crippen LogP contribution in [-0.2, 0) is 0 Å². The molecule has 3 heterocycles. The lowest BCUT2D eigenvalue weighted by Crippen LogP contribution is -2.15. The summed E-state index contributed by atoms with van der Waals surface area (Å²) >= 11 is 5.97. The number of fused-ring (bicyclic) bond motifs is 1. The first kappa shape index (κ1) is 15.5. The Kier molecular flexibility index (Phi) is 4.01. The van der Waals surface area contributed by atoms with Gasteiger partial charge < -0.3 is 10.4 Å². The molecule has 8 heteroatoms. The van der Waals surface area contributed by atoms with Gasteiger partial charge in [0.05, 0.1) is 5.69 Å². The zero-order valence-electron chi connectivity index (χ0n) is 12.9. The number of benzene rings is 1. The minimum Gasteiger partial charge on any atom is -0.368 e. The molecule has 3 aromatic heterocycles. The first-order chi connectivity index (χ1) is 12.2. The van der Waals surface area contributed by atoms with Crippen molar-refractivity contribution in [2.24, 2.45) is 0 Å². The number of aromatic nitrogens is 5. The second-order valence-corrected chi connectivity index (χ2v) is 5.70. The molecule has 0 aliphatic heterocycles. The molecule has 1 unspecified atom stereocenters. The lowest BCUT2D eigenvalue weighted by molar-refractivity contribution is 0.201. The average molecular weight is 353 g/mol. The molecule has 0 saturated heterocycles. The number of hydrogen-bond acceptors (Lipinski definition) is 6. The van der Waals surface area contributed by atoms with Crippen molar-refractivity contribution in [1.29, 1.82) is 0 Å². The maximum atomic E-state index is 10.8. The molecule has 1 aromatic carbocycles. The van der Waals surface area contributed by atoms with Gasteiger partial charge in [0.15, 0.2) is 6.23 Å². The molecule has 7 nitrogen and oxygen atoms in total. The normalized spacial score (nSPS) is 12.2. The van der Waals surface area contributed by atoms with E-state index >= 15 is 0 Å². The van der Waals surface area contributed by atoms with Crippen LogP contribution in [0.15, 0.2) is 61.2 Å². The number of halogens is 1. The highest BCUT2D eigenvalue weighted by atomic mass is 35.5. The molecule has 0 aliphatic rings. The van der Waals surface area contributed by atoms with Crippen molar-refractivity contribution in [2.75, 3.05) is 5.32 Å². The molecule has 1 atom stereocenters. The predicted molar refractivity (Wildman–Crippen MR) is 94.0 cm³/mol. The van der Waals surface area contributed by atoms with Crippen LogP contribution in [0.5, 0.6) is 0 Å². The number of hydrogen-bond donors (Lipinski definition) is 2. The number of imidazole rings is 1. The van der Waals surface area contributed by atoms with E-state index in [0.717, 1.165) is 5.56 Å². The van der Waals surface area contributed by atoms with E-state index in [2.05, 4.69) is 25.3 Å². The summed E-state index contributed by atoms with van der Waals surface area (Å²) in [6, 6.07) is 10.7. The monoisotopic (exact) mass is 352 g/mol. The number of aliphatic hydroxyl groups is 1. The zero-order valence-corrected chi connectivity index (χ0v) is 13.7. The van der Waals surface area contributed by atoms with Gasteiger partial charge in [0, 0.05) is 35.4 Å². The summed E-state index contributed by atoms with van der Waals surface area (Å²) in [7, 11) is 0. The van der Waals surface area contributed by atoms with E-state index in [1.165, 1.54) is 0 Å². The maximum Gasteiger partial charge on any atom is 0.234 e. The smallest absolute Gasteiger partial charge is 0.234 e. The molecule has 4 rings (SSSR count).